The highest BCUT2D eigenvalue weighted by Crippen LogP contribution is 2.50. The molecule has 1 atom stereocenters. The molecule has 3 aromatic rings. The number of aromatic nitrogens is 4. The molecule has 1 spiro atoms. The Kier molecular flexibility index (Phi) is 5.93. The molecule has 0 aromatic carbocycles. The fraction of sp³-hybridized carbons (Fsp3) is 0.417. The van der Waals surface area contributed by atoms with Gasteiger partial charge in [0.2, 0.25) is 0 Å². The molecule has 7 nitrogen and oxygen atoms in total. The van der Waals surface area contributed by atoms with Gasteiger partial charge >= 0.3 is 6.18 Å². The highest BCUT2D eigenvalue weighted by Gasteiger charge is 2.47. The third-order valence-electron chi connectivity index (χ3n) is 7.18. The molecule has 1 aliphatic heterocycles. The Morgan fingerprint density at radius 1 is 1.17 bits per heavy atom. The molecule has 3 N–H and O–H groups in total. The molecule has 0 unspecified atom stereocenters. The molecule has 0 radical (unpaired) electrons. The van der Waals surface area contributed by atoms with Crippen molar-refractivity contribution in [2.24, 2.45) is 11.1 Å². The van der Waals surface area contributed by atoms with E-state index in [2.05, 4.69) is 24.8 Å². The molecule has 1 aliphatic carbocycles. The number of rotatable bonds is 3. The normalized spacial score (nSPS) is 19.3. The largest absolute Gasteiger partial charge is 0.434 e. The van der Waals surface area contributed by atoms with Crippen LogP contribution in [0, 0.1) is 12.3 Å². The number of aryl methyl sites for hydroxylation is 1. The molecule has 1 saturated heterocycles. The second kappa shape index (κ2) is 8.69. The van der Waals surface area contributed by atoms with Crippen molar-refractivity contribution in [3.05, 3.63) is 64.0 Å². The Morgan fingerprint density at radius 3 is 2.57 bits per heavy atom. The third-order valence-corrected chi connectivity index (χ3v) is 7.56. The van der Waals surface area contributed by atoms with Gasteiger partial charge in [-0.2, -0.15) is 13.2 Å². The number of halogens is 4. The van der Waals surface area contributed by atoms with Crippen LogP contribution in [-0.2, 0) is 19.2 Å². The van der Waals surface area contributed by atoms with Crippen LogP contribution in [0.3, 0.4) is 0 Å². The molecule has 4 heterocycles. The average Bonchev–Trinajstić information content (AvgIpc) is 3.10. The fourth-order valence-electron chi connectivity index (χ4n) is 5.29. The van der Waals surface area contributed by atoms with E-state index in [9.17, 15) is 18.3 Å². The number of nitrogens with zero attached hydrogens (tertiary/aromatic N) is 5. The van der Waals surface area contributed by atoms with E-state index in [1.165, 1.54) is 6.07 Å². The number of aliphatic hydroxyl groups is 1. The van der Waals surface area contributed by atoms with Crippen molar-refractivity contribution in [2.75, 3.05) is 18.0 Å². The number of fused-ring (bicyclic) bond motifs is 1. The van der Waals surface area contributed by atoms with Crippen molar-refractivity contribution in [1.82, 2.24) is 19.9 Å². The molecule has 2 aliphatic rings. The number of pyridine rings is 2. The first kappa shape index (κ1) is 23.9. The first-order valence-electron chi connectivity index (χ1n) is 11.3. The van der Waals surface area contributed by atoms with E-state index in [4.69, 9.17) is 17.3 Å². The van der Waals surface area contributed by atoms with Gasteiger partial charge in [-0.25, -0.2) is 9.97 Å². The lowest BCUT2D eigenvalue weighted by molar-refractivity contribution is -0.141. The lowest BCUT2D eigenvalue weighted by Crippen LogP contribution is -2.45. The van der Waals surface area contributed by atoms with Crippen LogP contribution in [-0.4, -0.2) is 38.1 Å². The van der Waals surface area contributed by atoms with Gasteiger partial charge in [-0.15, -0.1) is 0 Å². The van der Waals surface area contributed by atoms with Crippen molar-refractivity contribution < 1.29 is 18.3 Å². The maximum Gasteiger partial charge on any atom is 0.434 e. The van der Waals surface area contributed by atoms with Crippen LogP contribution in [0.1, 0.15) is 47.2 Å². The zero-order valence-corrected chi connectivity index (χ0v) is 19.7. The number of aliphatic hydroxyl groups excluding tert-OH is 1. The molecule has 11 heteroatoms. The van der Waals surface area contributed by atoms with E-state index in [0.29, 0.717) is 24.6 Å². The van der Waals surface area contributed by atoms with Crippen molar-refractivity contribution in [2.45, 2.75) is 45.0 Å². The second-order valence-corrected chi connectivity index (χ2v) is 9.53. The molecular formula is C24H24ClF3N6O. The first-order valence-corrected chi connectivity index (χ1v) is 11.7. The summed E-state index contributed by atoms with van der Waals surface area (Å²) in [6, 6.07) is 5.23. The molecule has 0 amide bonds. The number of hydrogen-bond donors (Lipinski definition) is 2. The van der Waals surface area contributed by atoms with Crippen LogP contribution < -0.4 is 10.6 Å². The van der Waals surface area contributed by atoms with Gasteiger partial charge in [-0.3, -0.25) is 9.97 Å². The summed E-state index contributed by atoms with van der Waals surface area (Å²) < 4.78 is 39.9. The van der Waals surface area contributed by atoms with Gasteiger partial charge in [-0.1, -0.05) is 17.7 Å². The molecule has 0 bridgehead atoms. The van der Waals surface area contributed by atoms with Gasteiger partial charge in [-0.05, 0) is 49.3 Å². The van der Waals surface area contributed by atoms with Crippen molar-refractivity contribution in [3.63, 3.8) is 0 Å². The summed E-state index contributed by atoms with van der Waals surface area (Å²) in [5.74, 6) is 0.520. The van der Waals surface area contributed by atoms with Crippen molar-refractivity contribution in [1.29, 1.82) is 0 Å². The summed E-state index contributed by atoms with van der Waals surface area (Å²) in [5, 5.41) is 9.50. The molecule has 5 rings (SSSR count). The van der Waals surface area contributed by atoms with Crippen molar-refractivity contribution >= 4 is 17.4 Å². The summed E-state index contributed by atoms with van der Waals surface area (Å²) >= 11 is 6.07. The zero-order valence-electron chi connectivity index (χ0n) is 19.0. The Balaban J connectivity index is 1.43. The van der Waals surface area contributed by atoms with E-state index in [-0.39, 0.29) is 28.4 Å². The van der Waals surface area contributed by atoms with Gasteiger partial charge in [0, 0.05) is 42.8 Å². The number of piperidine rings is 1. The van der Waals surface area contributed by atoms with E-state index >= 15 is 0 Å². The minimum Gasteiger partial charge on any atom is -0.390 e. The molecule has 35 heavy (non-hydrogen) atoms. The van der Waals surface area contributed by atoms with E-state index in [1.54, 1.807) is 13.1 Å². The summed E-state index contributed by atoms with van der Waals surface area (Å²) in [5.41, 5.74) is 8.48. The standard InChI is InChI=1S/C24H24ClF3N6O/c1-13-19(15-4-8-31-21(18(15)25)24(26,27)28)33-17(12-35)22(32-13)34-9-5-23(6-10-34)11-16-14(20(23)29)3-2-7-30-16/h2-4,7-8,20,35H,5-6,9-12,29H2,1H3/t20-/m1/s1. The SMILES string of the molecule is Cc1nc(N2CCC3(CC2)Cc2ncccc2[C@H]3N)c(CO)nc1-c1ccnc(C(F)(F)F)c1Cl. The maximum absolute atomic E-state index is 13.3. The number of nitrogens with two attached hydrogens (primary N) is 1. The van der Waals surface area contributed by atoms with Crippen molar-refractivity contribution in [3.8, 4) is 11.3 Å². The number of alkyl halides is 3. The minimum atomic E-state index is -4.70. The first-order chi connectivity index (χ1) is 16.6. The van der Waals surface area contributed by atoms with Crippen LogP contribution in [0.4, 0.5) is 19.0 Å². The molecule has 0 saturated carbocycles. The highest BCUT2D eigenvalue weighted by atomic mass is 35.5. The monoisotopic (exact) mass is 504 g/mol. The van der Waals surface area contributed by atoms with Crippen LogP contribution in [0.15, 0.2) is 30.6 Å². The Morgan fingerprint density at radius 2 is 1.91 bits per heavy atom. The lowest BCUT2D eigenvalue weighted by atomic mass is 9.73. The van der Waals surface area contributed by atoms with Gasteiger partial charge in [0.15, 0.2) is 11.5 Å². The second-order valence-electron chi connectivity index (χ2n) is 9.15. The predicted octanol–water partition coefficient (Wildman–Crippen LogP) is 4.25. The Hall–Kier alpha value is -2.82. The number of hydrogen-bond acceptors (Lipinski definition) is 7. The molecule has 3 aromatic heterocycles. The lowest BCUT2D eigenvalue weighted by Gasteiger charge is -2.42. The summed E-state index contributed by atoms with van der Waals surface area (Å²) in [6.45, 7) is 2.57. The quantitative estimate of drug-likeness (QED) is 0.550. The van der Waals surface area contributed by atoms with Crippen LogP contribution >= 0.6 is 11.6 Å². The smallest absolute Gasteiger partial charge is 0.390 e. The van der Waals surface area contributed by atoms with Crippen LogP contribution in [0.5, 0.6) is 0 Å². The molecule has 1 fully saturated rings. The predicted molar refractivity (Wildman–Crippen MR) is 125 cm³/mol. The van der Waals surface area contributed by atoms with Crippen LogP contribution in [0.25, 0.3) is 11.3 Å². The molecular weight excluding hydrogens is 481 g/mol. The minimum absolute atomic E-state index is 0.0695. The van der Waals surface area contributed by atoms with Gasteiger partial charge in [0.1, 0.15) is 5.69 Å². The topological polar surface area (TPSA) is 101 Å². The Bertz CT molecular complexity index is 1280. The number of anilines is 1. The van der Waals surface area contributed by atoms with Gasteiger partial charge in [0.25, 0.3) is 0 Å². The van der Waals surface area contributed by atoms with E-state index < -0.39 is 23.5 Å². The van der Waals surface area contributed by atoms with E-state index in [1.807, 2.05) is 12.1 Å². The maximum atomic E-state index is 13.3. The van der Waals surface area contributed by atoms with Crippen LogP contribution in [0.2, 0.25) is 5.02 Å². The zero-order chi connectivity index (χ0) is 25.0. The average molecular weight is 505 g/mol. The summed E-state index contributed by atoms with van der Waals surface area (Å²) in [6.07, 6.45) is 0.607. The van der Waals surface area contributed by atoms with E-state index in [0.717, 1.165) is 36.7 Å². The molecule has 184 valence electrons. The van der Waals surface area contributed by atoms with Gasteiger partial charge in [0.05, 0.1) is 23.0 Å². The third kappa shape index (κ3) is 4.03. The summed E-state index contributed by atoms with van der Waals surface area (Å²) in [4.78, 5) is 19.1. The fourth-order valence-corrected chi connectivity index (χ4v) is 5.60. The highest BCUT2D eigenvalue weighted by molar-refractivity contribution is 6.34. The Labute approximate surface area is 205 Å². The summed E-state index contributed by atoms with van der Waals surface area (Å²) in [7, 11) is 0. The van der Waals surface area contributed by atoms with Gasteiger partial charge < -0.3 is 15.7 Å².